The van der Waals surface area contributed by atoms with Crippen LogP contribution in [0.3, 0.4) is 0 Å². The summed E-state index contributed by atoms with van der Waals surface area (Å²) in [5, 5.41) is 16.1. The SMILES string of the molecule is Cc1c(N2CCC(CS(N)(=O)=O)CC2)nn2c(C(F)(F)F)nnc2c1C. The number of primary sulfonamides is 1. The van der Waals surface area contributed by atoms with Crippen LogP contribution >= 0.6 is 0 Å². The Balaban J connectivity index is 1.92. The molecule has 3 rings (SSSR count). The molecular weight excluding hydrogens is 373 g/mol. The lowest BCUT2D eigenvalue weighted by Crippen LogP contribution is -2.38. The number of nitrogens with zero attached hydrogens (tertiary/aromatic N) is 5. The molecule has 0 spiro atoms. The minimum absolute atomic E-state index is 0.0629. The molecule has 2 aromatic heterocycles. The maximum Gasteiger partial charge on any atom is 0.453 e. The van der Waals surface area contributed by atoms with Gasteiger partial charge in [0.25, 0.3) is 5.82 Å². The zero-order valence-corrected chi connectivity index (χ0v) is 15.1. The molecule has 0 saturated carbocycles. The van der Waals surface area contributed by atoms with E-state index in [-0.39, 0.29) is 17.3 Å². The Morgan fingerprint density at radius 1 is 1.15 bits per heavy atom. The lowest BCUT2D eigenvalue weighted by molar-refractivity contribution is -0.146. The van der Waals surface area contributed by atoms with Crippen LogP contribution in [0.25, 0.3) is 5.65 Å². The summed E-state index contributed by atoms with van der Waals surface area (Å²) in [6.45, 7) is 4.43. The normalized spacial score (nSPS) is 17.2. The van der Waals surface area contributed by atoms with Gasteiger partial charge < -0.3 is 4.90 Å². The summed E-state index contributed by atoms with van der Waals surface area (Å²) in [5.41, 5.74) is 1.37. The second kappa shape index (κ2) is 6.34. The van der Waals surface area contributed by atoms with Gasteiger partial charge in [-0.1, -0.05) is 0 Å². The lowest BCUT2D eigenvalue weighted by Gasteiger charge is -2.33. The molecule has 144 valence electrons. The number of sulfonamides is 1. The summed E-state index contributed by atoms with van der Waals surface area (Å²) >= 11 is 0. The Labute approximate surface area is 148 Å². The molecule has 0 bridgehead atoms. The van der Waals surface area contributed by atoms with Crippen molar-refractivity contribution in [2.24, 2.45) is 11.1 Å². The first kappa shape index (κ1) is 18.8. The van der Waals surface area contributed by atoms with Crippen LogP contribution in [0, 0.1) is 19.8 Å². The number of hydrogen-bond donors (Lipinski definition) is 1. The number of hydrogen-bond acceptors (Lipinski definition) is 6. The number of nitrogens with two attached hydrogens (primary N) is 1. The van der Waals surface area contributed by atoms with Gasteiger partial charge in [0.2, 0.25) is 10.0 Å². The molecular formula is C14H19F3N6O2S. The van der Waals surface area contributed by atoms with E-state index in [4.69, 9.17) is 5.14 Å². The second-order valence-corrected chi connectivity index (χ2v) is 8.25. The van der Waals surface area contributed by atoms with Gasteiger partial charge in [-0.2, -0.15) is 17.7 Å². The minimum atomic E-state index is -4.66. The van der Waals surface area contributed by atoms with Crippen LogP contribution in [0.4, 0.5) is 19.0 Å². The number of aromatic nitrogens is 4. The Bertz CT molecular complexity index is 932. The first-order valence-electron chi connectivity index (χ1n) is 8.02. The highest BCUT2D eigenvalue weighted by Crippen LogP contribution is 2.31. The molecule has 8 nitrogen and oxygen atoms in total. The third kappa shape index (κ3) is 3.61. The van der Waals surface area contributed by atoms with Crippen LogP contribution in [-0.2, 0) is 16.2 Å². The van der Waals surface area contributed by atoms with Crippen molar-refractivity contribution in [2.45, 2.75) is 32.9 Å². The highest BCUT2D eigenvalue weighted by atomic mass is 32.2. The fraction of sp³-hybridized carbons (Fsp3) is 0.643. The van der Waals surface area contributed by atoms with Crippen molar-refractivity contribution >= 4 is 21.5 Å². The number of halogens is 3. The second-order valence-electron chi connectivity index (χ2n) is 6.59. The smallest absolute Gasteiger partial charge is 0.355 e. The van der Waals surface area contributed by atoms with E-state index in [1.807, 2.05) is 4.90 Å². The maximum absolute atomic E-state index is 13.1. The molecule has 12 heteroatoms. The molecule has 0 amide bonds. The average molecular weight is 392 g/mol. The van der Waals surface area contributed by atoms with E-state index in [0.717, 1.165) is 10.1 Å². The highest BCUT2D eigenvalue weighted by Gasteiger charge is 2.38. The average Bonchev–Trinajstić information content (AvgIpc) is 2.94. The van der Waals surface area contributed by atoms with Crippen LogP contribution in [0.1, 0.15) is 29.8 Å². The zero-order valence-electron chi connectivity index (χ0n) is 14.3. The molecule has 2 N–H and O–H groups in total. The predicted molar refractivity (Wildman–Crippen MR) is 88.2 cm³/mol. The number of anilines is 1. The van der Waals surface area contributed by atoms with Crippen molar-refractivity contribution < 1.29 is 21.6 Å². The van der Waals surface area contributed by atoms with E-state index in [2.05, 4.69) is 15.3 Å². The lowest BCUT2D eigenvalue weighted by atomic mass is 9.98. The van der Waals surface area contributed by atoms with E-state index in [0.29, 0.717) is 37.3 Å². The van der Waals surface area contributed by atoms with Crippen LogP contribution in [0.5, 0.6) is 0 Å². The summed E-state index contributed by atoms with van der Waals surface area (Å²) in [6.07, 6.45) is -3.51. The fourth-order valence-corrected chi connectivity index (χ4v) is 4.22. The van der Waals surface area contributed by atoms with Gasteiger partial charge in [0.1, 0.15) is 0 Å². The van der Waals surface area contributed by atoms with Gasteiger partial charge in [-0.25, -0.2) is 13.6 Å². The number of piperidine rings is 1. The quantitative estimate of drug-likeness (QED) is 0.843. The summed E-state index contributed by atoms with van der Waals surface area (Å²) in [5.74, 6) is -0.892. The van der Waals surface area contributed by atoms with E-state index >= 15 is 0 Å². The molecule has 0 radical (unpaired) electrons. The zero-order chi connectivity index (χ0) is 19.3. The van der Waals surface area contributed by atoms with Gasteiger partial charge in [0.05, 0.1) is 5.75 Å². The van der Waals surface area contributed by atoms with Crippen molar-refractivity contribution in [3.63, 3.8) is 0 Å². The van der Waals surface area contributed by atoms with Gasteiger partial charge in [0, 0.05) is 24.2 Å². The number of rotatable bonds is 3. The van der Waals surface area contributed by atoms with Crippen molar-refractivity contribution in [1.82, 2.24) is 19.8 Å². The van der Waals surface area contributed by atoms with E-state index < -0.39 is 22.0 Å². The van der Waals surface area contributed by atoms with Crippen LogP contribution in [0.15, 0.2) is 0 Å². The first-order valence-corrected chi connectivity index (χ1v) is 9.74. The van der Waals surface area contributed by atoms with Crippen molar-refractivity contribution in [1.29, 1.82) is 0 Å². The molecule has 0 unspecified atom stereocenters. The number of aryl methyl sites for hydroxylation is 1. The topological polar surface area (TPSA) is 106 Å². The van der Waals surface area contributed by atoms with Crippen molar-refractivity contribution in [2.75, 3.05) is 23.7 Å². The van der Waals surface area contributed by atoms with Crippen molar-refractivity contribution in [3.05, 3.63) is 17.0 Å². The molecule has 3 heterocycles. The molecule has 1 saturated heterocycles. The van der Waals surface area contributed by atoms with Crippen molar-refractivity contribution in [3.8, 4) is 0 Å². The Morgan fingerprint density at radius 2 is 1.77 bits per heavy atom. The molecule has 26 heavy (non-hydrogen) atoms. The van der Waals surface area contributed by atoms with Gasteiger partial charge in [-0.05, 0) is 32.6 Å². The Morgan fingerprint density at radius 3 is 2.31 bits per heavy atom. The van der Waals surface area contributed by atoms with E-state index in [9.17, 15) is 21.6 Å². The molecule has 2 aromatic rings. The monoisotopic (exact) mass is 392 g/mol. The van der Waals surface area contributed by atoms with Gasteiger partial charge in [-0.3, -0.25) is 0 Å². The third-order valence-electron chi connectivity index (χ3n) is 4.70. The standard InChI is InChI=1S/C14H19F3N6O2S/c1-8-9(2)12(21-23-11(8)19-20-13(23)14(15,16)17)22-5-3-10(4-6-22)7-26(18,24)25/h10H,3-7H2,1-2H3,(H2,18,24,25). The maximum atomic E-state index is 13.1. The van der Waals surface area contributed by atoms with E-state index in [1.165, 1.54) is 0 Å². The van der Waals surface area contributed by atoms with Crippen LogP contribution in [0.2, 0.25) is 0 Å². The summed E-state index contributed by atoms with van der Waals surface area (Å²) in [4.78, 5) is 1.86. The Hall–Kier alpha value is -1.95. The molecule has 1 aliphatic heterocycles. The van der Waals surface area contributed by atoms with Gasteiger partial charge in [-0.15, -0.1) is 15.3 Å². The summed E-state index contributed by atoms with van der Waals surface area (Å²) in [6, 6.07) is 0. The van der Waals surface area contributed by atoms with Crippen LogP contribution in [-0.4, -0.2) is 47.1 Å². The predicted octanol–water partition coefficient (Wildman–Crippen LogP) is 1.26. The van der Waals surface area contributed by atoms with E-state index in [1.54, 1.807) is 13.8 Å². The fourth-order valence-electron chi connectivity index (χ4n) is 3.23. The number of alkyl halides is 3. The summed E-state index contributed by atoms with van der Waals surface area (Å²) in [7, 11) is -3.54. The largest absolute Gasteiger partial charge is 0.453 e. The number of fused-ring (bicyclic) bond motifs is 1. The minimum Gasteiger partial charge on any atom is -0.355 e. The summed E-state index contributed by atoms with van der Waals surface area (Å²) < 4.78 is 62.5. The molecule has 0 aliphatic carbocycles. The Kier molecular flexibility index (Phi) is 4.59. The molecule has 0 atom stereocenters. The third-order valence-corrected chi connectivity index (χ3v) is 5.64. The van der Waals surface area contributed by atoms with Crippen LogP contribution < -0.4 is 10.0 Å². The highest BCUT2D eigenvalue weighted by molar-refractivity contribution is 7.89. The van der Waals surface area contributed by atoms with Gasteiger partial charge >= 0.3 is 6.18 Å². The first-order chi connectivity index (χ1) is 12.0. The molecule has 1 fully saturated rings. The molecule has 0 aromatic carbocycles. The molecule has 1 aliphatic rings. The van der Waals surface area contributed by atoms with Gasteiger partial charge in [0.15, 0.2) is 11.5 Å².